The molecule has 60 heavy (non-hydrogen) atoms. The Labute approximate surface area is 338 Å². The molecule has 15 nitrogen and oxygen atoms in total. The molecule has 2 amide bonds. The predicted octanol–water partition coefficient (Wildman–Crippen LogP) is 6.09. The molecule has 3 aromatic rings. The monoisotopic (exact) mass is 833 g/mol. The van der Waals surface area contributed by atoms with Crippen LogP contribution >= 0.6 is 0 Å². The molecule has 1 atom stereocenters. The number of aliphatic carboxylic acids is 2. The van der Waals surface area contributed by atoms with Crippen LogP contribution < -0.4 is 16.0 Å². The number of nitrogens with zero attached hydrogens (tertiary/aromatic N) is 4. The summed E-state index contributed by atoms with van der Waals surface area (Å²) in [5.74, 6) is -13.3. The third kappa shape index (κ3) is 9.00. The number of aromatic nitrogens is 2. The number of aromatic amines is 2. The van der Waals surface area contributed by atoms with Gasteiger partial charge in [-0.2, -0.15) is 0 Å². The van der Waals surface area contributed by atoms with Gasteiger partial charge in [-0.25, -0.2) is 27.3 Å². The maximum atomic E-state index is 14.4. The fourth-order valence-electron chi connectivity index (χ4n) is 7.07. The molecule has 0 spiro atoms. The number of esters is 1. The summed E-state index contributed by atoms with van der Waals surface area (Å²) in [6.07, 6.45) is 6.81. The fourth-order valence-corrected chi connectivity index (χ4v) is 7.07. The Morgan fingerprint density at radius 1 is 0.867 bits per heavy atom. The molecule has 0 radical (unpaired) electrons. The summed E-state index contributed by atoms with van der Waals surface area (Å²) in [5.41, 5.74) is 11.5. The number of carboxylic acids is 2. The van der Waals surface area contributed by atoms with Crippen LogP contribution in [0.15, 0.2) is 38.6 Å². The van der Waals surface area contributed by atoms with Crippen molar-refractivity contribution in [3.8, 4) is 0 Å². The third-order valence-electron chi connectivity index (χ3n) is 10.4. The molecule has 2 aromatic heterocycles. The number of benzene rings is 1. The van der Waals surface area contributed by atoms with Crippen molar-refractivity contribution < 1.29 is 56.5 Å². The van der Waals surface area contributed by atoms with Gasteiger partial charge in [-0.3, -0.25) is 19.2 Å². The lowest BCUT2D eigenvalue weighted by Crippen LogP contribution is -2.16. The minimum atomic E-state index is -2.11. The van der Waals surface area contributed by atoms with Crippen LogP contribution in [0.5, 0.6) is 0 Å². The van der Waals surface area contributed by atoms with Gasteiger partial charge in [0.1, 0.15) is 11.3 Å². The number of carbonyl (C=O) groups is 5. The number of carboxylic acid groups (broad SMARTS) is 2. The van der Waals surface area contributed by atoms with Crippen molar-refractivity contribution >= 4 is 59.3 Å². The first-order valence-corrected chi connectivity index (χ1v) is 18.6. The number of rotatable bonds is 15. The molecule has 0 bridgehead atoms. The first-order chi connectivity index (χ1) is 28.4. The number of nitrogens with one attached hydrogen (secondary N) is 3. The summed E-state index contributed by atoms with van der Waals surface area (Å²) in [6, 6.07) is 0. The lowest BCUT2D eigenvalue weighted by molar-refractivity contribution is -0.138. The average Bonchev–Trinajstić information content (AvgIpc) is 3.84. The van der Waals surface area contributed by atoms with Gasteiger partial charge in [0.2, 0.25) is 5.91 Å². The number of ether oxygens (including phenoxy) is 1. The van der Waals surface area contributed by atoms with Gasteiger partial charge >= 0.3 is 17.9 Å². The van der Waals surface area contributed by atoms with Gasteiger partial charge in [-0.15, -0.1) is 0 Å². The van der Waals surface area contributed by atoms with E-state index in [1.165, 1.54) is 0 Å². The molecule has 2 aliphatic rings. The molecule has 1 aromatic carbocycles. The van der Waals surface area contributed by atoms with Crippen LogP contribution in [0.3, 0.4) is 0 Å². The zero-order valence-electron chi connectivity index (χ0n) is 33.0. The summed E-state index contributed by atoms with van der Waals surface area (Å²) < 4.78 is 61.9. The SMILES string of the molecule is C/C=C1/C(=C/c2[nH]c(/C=c3\[nH]/c(=C\C4=NC(=O)C(CCCOC(=O)c5c(F)c(F)c(N=[N+]=[N-])c(F)c5F)=C4C)c(C)c3CCC(=O)O)c(CCC(=O)O)c2C)NC(=O)C1C. The van der Waals surface area contributed by atoms with Gasteiger partial charge in [0.25, 0.3) is 5.91 Å². The van der Waals surface area contributed by atoms with E-state index in [1.54, 1.807) is 39.0 Å². The number of hydrogen-bond acceptors (Lipinski definition) is 7. The summed E-state index contributed by atoms with van der Waals surface area (Å²) in [7, 11) is 0. The van der Waals surface area contributed by atoms with E-state index < -0.39 is 64.9 Å². The molecule has 1 unspecified atom stereocenters. The molecule has 314 valence electrons. The van der Waals surface area contributed by atoms with Crippen molar-refractivity contribution in [2.75, 3.05) is 6.61 Å². The minimum absolute atomic E-state index is 0.0170. The van der Waals surface area contributed by atoms with E-state index in [0.717, 1.165) is 11.1 Å². The van der Waals surface area contributed by atoms with Crippen LogP contribution in [0.4, 0.5) is 23.2 Å². The van der Waals surface area contributed by atoms with Crippen LogP contribution in [-0.2, 0) is 36.8 Å². The van der Waals surface area contributed by atoms with Crippen molar-refractivity contribution in [3.05, 3.63) is 112 Å². The third-order valence-corrected chi connectivity index (χ3v) is 10.4. The van der Waals surface area contributed by atoms with Crippen molar-refractivity contribution in [1.82, 2.24) is 15.3 Å². The lowest BCUT2D eigenvalue weighted by Gasteiger charge is -2.10. The van der Waals surface area contributed by atoms with Crippen molar-refractivity contribution in [1.29, 1.82) is 0 Å². The number of carbonyl (C=O) groups excluding carboxylic acids is 3. The molecule has 2 aliphatic heterocycles. The number of H-pyrrole nitrogens is 2. The average molecular weight is 834 g/mol. The summed E-state index contributed by atoms with van der Waals surface area (Å²) in [6.45, 7) is 8.32. The number of amides is 2. The lowest BCUT2D eigenvalue weighted by atomic mass is 10.00. The van der Waals surface area contributed by atoms with Crippen LogP contribution in [0.2, 0.25) is 0 Å². The molecule has 5 rings (SSSR count). The Balaban J connectivity index is 1.45. The maximum Gasteiger partial charge on any atom is 0.344 e. The maximum absolute atomic E-state index is 14.4. The molecule has 1 saturated heterocycles. The molecular formula is C41H39F4N7O8. The number of halogens is 4. The van der Waals surface area contributed by atoms with Crippen LogP contribution in [0.1, 0.15) is 90.5 Å². The quantitative estimate of drug-likeness (QED) is 0.0228. The van der Waals surface area contributed by atoms with Crippen LogP contribution in [0, 0.1) is 43.0 Å². The second kappa shape index (κ2) is 18.3. The highest BCUT2D eigenvalue weighted by Crippen LogP contribution is 2.32. The number of aliphatic imine (C=N–C) groups is 1. The van der Waals surface area contributed by atoms with E-state index in [9.17, 15) is 51.7 Å². The zero-order chi connectivity index (χ0) is 44.2. The van der Waals surface area contributed by atoms with E-state index in [1.807, 2.05) is 19.9 Å². The van der Waals surface area contributed by atoms with Gasteiger partial charge < -0.3 is 30.2 Å². The second-order valence-corrected chi connectivity index (χ2v) is 14.0. The Bertz CT molecular complexity index is 2640. The van der Waals surface area contributed by atoms with Gasteiger partial charge in [-0.1, -0.05) is 11.2 Å². The molecule has 4 heterocycles. The summed E-state index contributed by atoms with van der Waals surface area (Å²) in [5, 5.41) is 25.5. The van der Waals surface area contributed by atoms with Crippen LogP contribution in [-0.4, -0.2) is 62.2 Å². The number of allylic oxidation sites excluding steroid dienone is 3. The predicted molar refractivity (Wildman–Crippen MR) is 209 cm³/mol. The summed E-state index contributed by atoms with van der Waals surface area (Å²) in [4.78, 5) is 74.0. The highest BCUT2D eigenvalue weighted by atomic mass is 19.2. The van der Waals surface area contributed by atoms with Gasteiger partial charge in [0.15, 0.2) is 23.3 Å². The molecule has 19 heteroatoms. The second-order valence-electron chi connectivity index (χ2n) is 14.0. The van der Waals surface area contributed by atoms with Crippen molar-refractivity contribution in [2.45, 2.75) is 73.1 Å². The summed E-state index contributed by atoms with van der Waals surface area (Å²) >= 11 is 0. The van der Waals surface area contributed by atoms with E-state index in [2.05, 4.69) is 30.3 Å². The smallest absolute Gasteiger partial charge is 0.344 e. The van der Waals surface area contributed by atoms with Crippen molar-refractivity contribution in [2.24, 2.45) is 16.0 Å². The highest BCUT2D eigenvalue weighted by molar-refractivity contribution is 6.30. The molecule has 1 fully saturated rings. The Kier molecular flexibility index (Phi) is 13.4. The minimum Gasteiger partial charge on any atom is -0.481 e. The highest BCUT2D eigenvalue weighted by Gasteiger charge is 2.31. The van der Waals surface area contributed by atoms with E-state index >= 15 is 0 Å². The van der Waals surface area contributed by atoms with Gasteiger partial charge in [0, 0.05) is 51.1 Å². The first kappa shape index (κ1) is 44.1. The molecule has 5 N–H and O–H groups in total. The number of azide groups is 1. The standard InChI is InChI=1S/C41H39F4N7O8/c1-6-21-20(5)39(57)50-28(21)15-26-18(3)23(10-12-32(55)56)30(48-26)16-29-22(9-11-31(53)54)17(2)25(47-29)14-27-19(4)24(40(58)49-27)8-7-13-60-41(59)33-34(42)36(44)38(51-52-46)37(45)35(33)43/h6,14-16,20,47-48H,7-13H2,1-5H3,(H,50,57)(H,53,54)(H,55,56)/b21-6+,25-14-,28-15-,29-16-. The van der Waals surface area contributed by atoms with Crippen LogP contribution in [0.25, 0.3) is 28.7 Å². The fraction of sp³-hybridized carbons (Fsp3) is 0.317. The number of hydrogen-bond donors (Lipinski definition) is 5. The molecule has 0 aliphatic carbocycles. The topological polar surface area (TPSA) is 240 Å². The largest absolute Gasteiger partial charge is 0.481 e. The van der Waals surface area contributed by atoms with Crippen molar-refractivity contribution in [3.63, 3.8) is 0 Å². The Morgan fingerprint density at radius 3 is 2.10 bits per heavy atom. The first-order valence-electron chi connectivity index (χ1n) is 18.6. The van der Waals surface area contributed by atoms with E-state index in [4.69, 9.17) is 10.3 Å². The van der Waals surface area contributed by atoms with Gasteiger partial charge in [0.05, 0.1) is 18.2 Å². The molecule has 0 saturated carbocycles. The van der Waals surface area contributed by atoms with E-state index in [-0.39, 0.29) is 61.6 Å². The molecular weight excluding hydrogens is 794 g/mol. The zero-order valence-corrected chi connectivity index (χ0v) is 33.0. The van der Waals surface area contributed by atoms with Gasteiger partial charge in [-0.05, 0) is 117 Å². The normalized spacial score (nSPS) is 17.2. The Morgan fingerprint density at radius 2 is 1.50 bits per heavy atom. The van der Waals surface area contributed by atoms with E-state index in [0.29, 0.717) is 50.0 Å². The Hall–Kier alpha value is -7.01.